The van der Waals surface area contributed by atoms with Gasteiger partial charge in [-0.15, -0.1) is 0 Å². The number of hydrogen-bond donors (Lipinski definition) is 0. The van der Waals surface area contributed by atoms with Gasteiger partial charge in [0.2, 0.25) is 0 Å². The second kappa shape index (κ2) is 4.14. The third-order valence-corrected chi connectivity index (χ3v) is 3.17. The second-order valence-corrected chi connectivity index (χ2v) is 4.32. The summed E-state index contributed by atoms with van der Waals surface area (Å²) < 4.78 is 2.33. The van der Waals surface area contributed by atoms with Crippen molar-refractivity contribution in [3.05, 3.63) is 48.7 Å². The molecule has 0 atom stereocenters. The Morgan fingerprint density at radius 1 is 1.06 bits per heavy atom. The lowest BCUT2D eigenvalue weighted by Crippen LogP contribution is -2.29. The molecule has 2 heterocycles. The lowest BCUT2D eigenvalue weighted by atomic mass is 10.2. The summed E-state index contributed by atoms with van der Waals surface area (Å²) in [5, 5.41) is 1.33. The van der Waals surface area contributed by atoms with Crippen LogP contribution in [0.4, 0.5) is 0 Å². The van der Waals surface area contributed by atoms with Crippen LogP contribution in [0, 0.1) is 0 Å². The van der Waals surface area contributed by atoms with Gasteiger partial charge < -0.3 is 4.57 Å². The van der Waals surface area contributed by atoms with Gasteiger partial charge in [-0.3, -0.25) is 4.90 Å². The molecule has 16 heavy (non-hydrogen) atoms. The first-order valence-corrected chi connectivity index (χ1v) is 5.85. The van der Waals surface area contributed by atoms with Crippen LogP contribution in [0.3, 0.4) is 0 Å². The summed E-state index contributed by atoms with van der Waals surface area (Å²) in [5.41, 5.74) is 1.33. The van der Waals surface area contributed by atoms with Crippen molar-refractivity contribution >= 4 is 10.9 Å². The summed E-state index contributed by atoms with van der Waals surface area (Å²) in [5.74, 6) is 0. The van der Waals surface area contributed by atoms with Gasteiger partial charge >= 0.3 is 0 Å². The van der Waals surface area contributed by atoms with Crippen molar-refractivity contribution in [3.63, 3.8) is 0 Å². The minimum atomic E-state index is 0.998. The minimum absolute atomic E-state index is 0.998. The zero-order valence-electron chi connectivity index (χ0n) is 9.34. The average Bonchev–Trinajstić information content (AvgIpc) is 2.74. The van der Waals surface area contributed by atoms with Crippen LogP contribution in [0.1, 0.15) is 6.42 Å². The molecule has 0 saturated carbocycles. The molecule has 2 nitrogen and oxygen atoms in total. The minimum Gasteiger partial charge on any atom is -0.334 e. The van der Waals surface area contributed by atoms with Crippen molar-refractivity contribution in [2.75, 3.05) is 13.1 Å². The Bertz CT molecular complexity index is 510. The molecule has 82 valence electrons. The van der Waals surface area contributed by atoms with Crippen LogP contribution in [-0.4, -0.2) is 22.6 Å². The van der Waals surface area contributed by atoms with Crippen molar-refractivity contribution in [2.24, 2.45) is 0 Å². The van der Waals surface area contributed by atoms with Gasteiger partial charge in [0.15, 0.2) is 0 Å². The van der Waals surface area contributed by atoms with Crippen molar-refractivity contribution in [1.82, 2.24) is 9.47 Å². The van der Waals surface area contributed by atoms with Crippen LogP contribution >= 0.6 is 0 Å². The molecule has 0 amide bonds. The predicted molar refractivity (Wildman–Crippen MR) is 67.3 cm³/mol. The molecule has 1 aliphatic heterocycles. The van der Waals surface area contributed by atoms with Crippen molar-refractivity contribution < 1.29 is 0 Å². The van der Waals surface area contributed by atoms with E-state index in [9.17, 15) is 0 Å². The van der Waals surface area contributed by atoms with Gasteiger partial charge in [0, 0.05) is 24.8 Å². The van der Waals surface area contributed by atoms with Gasteiger partial charge in [-0.1, -0.05) is 30.4 Å². The van der Waals surface area contributed by atoms with Crippen molar-refractivity contribution in [3.8, 4) is 0 Å². The molecular weight excluding hydrogens is 196 g/mol. The Kier molecular flexibility index (Phi) is 2.50. The number of hydrogen-bond acceptors (Lipinski definition) is 1. The first kappa shape index (κ1) is 9.67. The van der Waals surface area contributed by atoms with Crippen LogP contribution in [0.2, 0.25) is 0 Å². The molecule has 0 bridgehead atoms. The van der Waals surface area contributed by atoms with E-state index in [1.807, 2.05) is 0 Å². The maximum Gasteiger partial charge on any atom is 0.0753 e. The smallest absolute Gasteiger partial charge is 0.0753 e. The largest absolute Gasteiger partial charge is 0.334 e. The van der Waals surface area contributed by atoms with Crippen LogP contribution in [0.5, 0.6) is 0 Å². The highest BCUT2D eigenvalue weighted by molar-refractivity contribution is 5.79. The summed E-state index contributed by atoms with van der Waals surface area (Å²) in [7, 11) is 0. The van der Waals surface area contributed by atoms with Gasteiger partial charge in [-0.2, -0.15) is 0 Å². The summed E-state index contributed by atoms with van der Waals surface area (Å²) in [6, 6.07) is 10.7. The quantitative estimate of drug-likeness (QED) is 0.695. The van der Waals surface area contributed by atoms with E-state index >= 15 is 0 Å². The molecule has 2 aromatic rings. The first-order valence-electron chi connectivity index (χ1n) is 5.85. The number of rotatable bonds is 2. The second-order valence-electron chi connectivity index (χ2n) is 4.32. The molecule has 0 radical (unpaired) electrons. The van der Waals surface area contributed by atoms with E-state index in [2.05, 4.69) is 58.1 Å². The molecule has 2 heteroatoms. The van der Waals surface area contributed by atoms with E-state index in [1.165, 1.54) is 23.9 Å². The average molecular weight is 212 g/mol. The fraction of sp³-hybridized carbons (Fsp3) is 0.286. The summed E-state index contributed by atoms with van der Waals surface area (Å²) in [6.45, 7) is 3.24. The number of benzene rings is 1. The monoisotopic (exact) mass is 212 g/mol. The van der Waals surface area contributed by atoms with Crippen LogP contribution < -0.4 is 0 Å². The lowest BCUT2D eigenvalue weighted by molar-refractivity contribution is 0.242. The van der Waals surface area contributed by atoms with E-state index < -0.39 is 0 Å². The summed E-state index contributed by atoms with van der Waals surface area (Å²) in [4.78, 5) is 2.46. The van der Waals surface area contributed by atoms with Gasteiger partial charge in [0.25, 0.3) is 0 Å². The Morgan fingerprint density at radius 3 is 2.88 bits per heavy atom. The normalized spacial score (nSPS) is 17.0. The van der Waals surface area contributed by atoms with Gasteiger partial charge in [-0.05, 0) is 23.9 Å². The van der Waals surface area contributed by atoms with Gasteiger partial charge in [0.1, 0.15) is 0 Å². The van der Waals surface area contributed by atoms with E-state index in [4.69, 9.17) is 0 Å². The Labute approximate surface area is 95.8 Å². The van der Waals surface area contributed by atoms with Crippen LogP contribution in [0.25, 0.3) is 10.9 Å². The highest BCUT2D eigenvalue weighted by atomic mass is 15.2. The third-order valence-electron chi connectivity index (χ3n) is 3.17. The summed E-state index contributed by atoms with van der Waals surface area (Å²) in [6.07, 6.45) is 7.89. The van der Waals surface area contributed by atoms with Crippen LogP contribution in [0.15, 0.2) is 48.7 Å². The predicted octanol–water partition coefficient (Wildman–Crippen LogP) is 2.86. The van der Waals surface area contributed by atoms with Gasteiger partial charge in [0.05, 0.1) is 6.67 Å². The Morgan fingerprint density at radius 2 is 2.00 bits per heavy atom. The molecule has 1 aromatic heterocycles. The fourth-order valence-electron chi connectivity index (χ4n) is 2.30. The lowest BCUT2D eigenvalue weighted by Gasteiger charge is -2.23. The molecule has 0 spiro atoms. The molecule has 0 aliphatic carbocycles. The Hall–Kier alpha value is -1.54. The van der Waals surface area contributed by atoms with Crippen molar-refractivity contribution in [1.29, 1.82) is 0 Å². The zero-order chi connectivity index (χ0) is 10.8. The van der Waals surface area contributed by atoms with Crippen LogP contribution in [-0.2, 0) is 6.67 Å². The molecular formula is C14H16N2. The van der Waals surface area contributed by atoms with E-state index in [0.717, 1.165) is 13.2 Å². The standard InChI is InChI=1S/C14H16N2/c1-4-9-15(10-5-1)12-16-11-8-13-6-2-3-7-14(13)16/h1-4,6-8,11H,5,9-10,12H2. The van der Waals surface area contributed by atoms with E-state index in [-0.39, 0.29) is 0 Å². The number of para-hydroxylation sites is 1. The highest BCUT2D eigenvalue weighted by Crippen LogP contribution is 2.16. The maximum atomic E-state index is 2.46. The van der Waals surface area contributed by atoms with Gasteiger partial charge in [-0.25, -0.2) is 0 Å². The maximum absolute atomic E-state index is 2.46. The molecule has 0 N–H and O–H groups in total. The molecule has 0 unspecified atom stereocenters. The fourth-order valence-corrected chi connectivity index (χ4v) is 2.30. The number of fused-ring (bicyclic) bond motifs is 1. The molecule has 0 fully saturated rings. The van der Waals surface area contributed by atoms with Crippen molar-refractivity contribution in [2.45, 2.75) is 13.1 Å². The third kappa shape index (κ3) is 1.76. The molecule has 0 saturated heterocycles. The zero-order valence-corrected chi connectivity index (χ0v) is 9.34. The highest BCUT2D eigenvalue weighted by Gasteiger charge is 2.07. The first-order chi connectivity index (χ1) is 7.93. The SMILES string of the molecule is C1=CCN(Cn2ccc3ccccc32)CC1. The van der Waals surface area contributed by atoms with E-state index in [0.29, 0.717) is 0 Å². The Balaban J connectivity index is 1.86. The number of nitrogens with zero attached hydrogens (tertiary/aromatic N) is 2. The molecule has 1 aliphatic rings. The number of aromatic nitrogens is 1. The molecule has 1 aromatic carbocycles. The summed E-state index contributed by atoms with van der Waals surface area (Å²) >= 11 is 0. The van der Waals surface area contributed by atoms with E-state index in [1.54, 1.807) is 0 Å². The molecule has 3 rings (SSSR count). The topological polar surface area (TPSA) is 8.17 Å².